The summed E-state index contributed by atoms with van der Waals surface area (Å²) in [7, 11) is 0. The van der Waals surface area contributed by atoms with E-state index in [1.165, 1.54) is 32.0 Å². The van der Waals surface area contributed by atoms with Gasteiger partial charge in [-0.25, -0.2) is 0 Å². The first kappa shape index (κ1) is 24.5. The van der Waals surface area contributed by atoms with Gasteiger partial charge in [-0.15, -0.1) is 0 Å². The summed E-state index contributed by atoms with van der Waals surface area (Å²) >= 11 is 0. The topological polar surface area (TPSA) is 21.8 Å². The molecule has 4 aliphatic heterocycles. The Morgan fingerprint density at radius 1 is 0.853 bits per heavy atom. The highest BCUT2D eigenvalue weighted by atomic mass is 19.4. The zero-order valence-electron chi connectivity index (χ0n) is 20.5. The first-order valence-corrected chi connectivity index (χ1v) is 13.6. The lowest BCUT2D eigenvalue weighted by molar-refractivity contribution is -0.139. The molecule has 0 aliphatic carbocycles. The van der Waals surface area contributed by atoms with E-state index in [0.29, 0.717) is 18.2 Å². The van der Waals surface area contributed by atoms with Crippen LogP contribution in [0.4, 0.5) is 13.2 Å². The van der Waals surface area contributed by atoms with Gasteiger partial charge in [0.2, 0.25) is 0 Å². The quantitative estimate of drug-likeness (QED) is 0.628. The highest BCUT2D eigenvalue weighted by Gasteiger charge is 2.40. The number of benzene rings is 1. The third kappa shape index (κ3) is 5.63. The van der Waals surface area contributed by atoms with Gasteiger partial charge in [-0.3, -0.25) is 9.80 Å². The molecule has 34 heavy (non-hydrogen) atoms. The number of nitrogens with zero attached hydrogens (tertiary/aromatic N) is 3. The zero-order valence-corrected chi connectivity index (χ0v) is 20.5. The second-order valence-electron chi connectivity index (χ2n) is 10.9. The van der Waals surface area contributed by atoms with Gasteiger partial charge in [0, 0.05) is 18.6 Å². The molecule has 4 fully saturated rings. The summed E-state index contributed by atoms with van der Waals surface area (Å²) in [4.78, 5) is 7.31. The summed E-state index contributed by atoms with van der Waals surface area (Å²) < 4.78 is 43.2. The molecule has 190 valence electrons. The van der Waals surface area contributed by atoms with Gasteiger partial charge < -0.3 is 10.2 Å². The van der Waals surface area contributed by atoms with Crippen LogP contribution in [0.25, 0.3) is 0 Å². The van der Waals surface area contributed by atoms with Gasteiger partial charge in [0.15, 0.2) is 0 Å². The van der Waals surface area contributed by atoms with E-state index in [2.05, 4.69) is 20.0 Å². The van der Waals surface area contributed by atoms with Gasteiger partial charge in [0.1, 0.15) is 0 Å². The molecule has 4 saturated heterocycles. The molecule has 4 heterocycles. The fourth-order valence-corrected chi connectivity index (χ4v) is 6.94. The largest absolute Gasteiger partial charge is 0.416 e. The Hall–Kier alpha value is -1.15. The average molecular weight is 479 g/mol. The van der Waals surface area contributed by atoms with Crippen molar-refractivity contribution in [2.24, 2.45) is 5.92 Å². The molecule has 1 N–H and O–H groups in total. The lowest BCUT2D eigenvalue weighted by atomic mass is 9.82. The number of alkyl halides is 3. The summed E-state index contributed by atoms with van der Waals surface area (Å²) in [6.45, 7) is 8.67. The van der Waals surface area contributed by atoms with Gasteiger partial charge in [0.05, 0.1) is 5.56 Å². The molecule has 0 saturated carbocycles. The first-order valence-electron chi connectivity index (χ1n) is 13.6. The second kappa shape index (κ2) is 10.9. The summed E-state index contributed by atoms with van der Waals surface area (Å²) in [6, 6.07) is 5.84. The number of halogens is 3. The summed E-state index contributed by atoms with van der Waals surface area (Å²) in [5, 5.41) is 3.38. The fourth-order valence-electron chi connectivity index (χ4n) is 6.94. The molecule has 1 aromatic carbocycles. The van der Waals surface area contributed by atoms with Crippen molar-refractivity contribution in [2.75, 3.05) is 52.4 Å². The van der Waals surface area contributed by atoms with Crippen LogP contribution in [0.2, 0.25) is 0 Å². The zero-order chi connectivity index (χ0) is 23.5. The Kier molecular flexibility index (Phi) is 7.83. The van der Waals surface area contributed by atoms with Crippen LogP contribution in [-0.4, -0.2) is 73.1 Å². The molecule has 0 amide bonds. The lowest BCUT2D eigenvalue weighted by Gasteiger charge is -2.39. The van der Waals surface area contributed by atoms with Crippen LogP contribution < -0.4 is 5.32 Å². The Morgan fingerprint density at radius 3 is 2.15 bits per heavy atom. The molecule has 4 aliphatic rings. The smallest absolute Gasteiger partial charge is 0.317 e. The third-order valence-electron chi connectivity index (χ3n) is 8.73. The highest BCUT2D eigenvalue weighted by molar-refractivity contribution is 5.37. The molecule has 7 heteroatoms. The number of piperidine rings is 2. The van der Waals surface area contributed by atoms with E-state index in [1.807, 2.05) is 12.1 Å². The number of rotatable bonds is 6. The van der Waals surface area contributed by atoms with Crippen LogP contribution in [0.15, 0.2) is 18.2 Å². The summed E-state index contributed by atoms with van der Waals surface area (Å²) in [5.41, 5.74) is 0.923. The Balaban J connectivity index is 1.33. The van der Waals surface area contributed by atoms with Crippen LogP contribution in [-0.2, 0) is 12.7 Å². The maximum absolute atomic E-state index is 14.4. The molecule has 0 spiro atoms. The molecule has 4 nitrogen and oxygen atoms in total. The molecule has 0 radical (unpaired) electrons. The van der Waals surface area contributed by atoms with Crippen LogP contribution in [0, 0.1) is 5.92 Å². The molecule has 1 unspecified atom stereocenters. The maximum Gasteiger partial charge on any atom is 0.416 e. The minimum Gasteiger partial charge on any atom is -0.317 e. The Morgan fingerprint density at radius 2 is 1.50 bits per heavy atom. The van der Waals surface area contributed by atoms with E-state index >= 15 is 0 Å². The van der Waals surface area contributed by atoms with Crippen molar-refractivity contribution in [3.63, 3.8) is 0 Å². The number of hydrogen-bond acceptors (Lipinski definition) is 4. The number of likely N-dealkylation sites (tertiary alicyclic amines) is 3. The van der Waals surface area contributed by atoms with Crippen molar-refractivity contribution >= 4 is 0 Å². The second-order valence-corrected chi connectivity index (χ2v) is 10.9. The van der Waals surface area contributed by atoms with Crippen molar-refractivity contribution < 1.29 is 13.2 Å². The molecular formula is C27H41F3N4. The molecule has 0 aromatic heterocycles. The average Bonchev–Trinajstić information content (AvgIpc) is 3.56. The van der Waals surface area contributed by atoms with Crippen molar-refractivity contribution in [3.05, 3.63) is 34.9 Å². The number of hydrogen-bond donors (Lipinski definition) is 1. The number of nitrogens with one attached hydrogen (secondary N) is 1. The maximum atomic E-state index is 14.4. The van der Waals surface area contributed by atoms with Crippen LogP contribution in [0.1, 0.15) is 74.1 Å². The van der Waals surface area contributed by atoms with Crippen LogP contribution >= 0.6 is 0 Å². The standard InChI is InChI=1S/C27H41F3N4/c28-27(29,30)25-19-21(20-32-17-9-23(10-18-32)33-13-1-2-14-33)5-6-24(25)26(34-15-3-4-16-34)22-7-11-31-12-8-22/h5-6,19,22-23,26,31H,1-4,7-18,20H2. The highest BCUT2D eigenvalue weighted by Crippen LogP contribution is 2.43. The van der Waals surface area contributed by atoms with Gasteiger partial charge in [-0.1, -0.05) is 12.1 Å². The molecule has 1 atom stereocenters. The van der Waals surface area contributed by atoms with Crippen molar-refractivity contribution in [1.82, 2.24) is 20.0 Å². The monoisotopic (exact) mass is 478 g/mol. The van der Waals surface area contributed by atoms with E-state index in [4.69, 9.17) is 0 Å². The van der Waals surface area contributed by atoms with E-state index in [0.717, 1.165) is 83.4 Å². The Labute approximate surface area is 202 Å². The molecular weight excluding hydrogens is 437 g/mol. The van der Waals surface area contributed by atoms with E-state index < -0.39 is 11.7 Å². The van der Waals surface area contributed by atoms with Gasteiger partial charge in [0.25, 0.3) is 0 Å². The van der Waals surface area contributed by atoms with Crippen LogP contribution in [0.5, 0.6) is 0 Å². The summed E-state index contributed by atoms with van der Waals surface area (Å²) in [6.07, 6.45) is 4.65. The minimum absolute atomic E-state index is 0.119. The van der Waals surface area contributed by atoms with E-state index in [-0.39, 0.29) is 12.0 Å². The first-order chi connectivity index (χ1) is 16.5. The molecule has 0 bridgehead atoms. The predicted molar refractivity (Wildman–Crippen MR) is 130 cm³/mol. The van der Waals surface area contributed by atoms with Crippen LogP contribution in [0.3, 0.4) is 0 Å². The lowest BCUT2D eigenvalue weighted by Crippen LogP contribution is -2.43. The fraction of sp³-hybridized carbons (Fsp3) is 0.778. The Bertz CT molecular complexity index is 788. The van der Waals surface area contributed by atoms with Crippen molar-refractivity contribution in [1.29, 1.82) is 0 Å². The van der Waals surface area contributed by atoms with Crippen molar-refractivity contribution in [3.8, 4) is 0 Å². The van der Waals surface area contributed by atoms with Gasteiger partial charge in [-0.05, 0) is 127 Å². The SMILES string of the molecule is FC(F)(F)c1cc(CN2CCC(N3CCCC3)CC2)ccc1C(C1CCNCC1)N1CCCC1. The van der Waals surface area contributed by atoms with E-state index in [1.54, 1.807) is 0 Å². The normalized spacial score (nSPS) is 25.9. The van der Waals surface area contributed by atoms with E-state index in [9.17, 15) is 13.2 Å². The van der Waals surface area contributed by atoms with Gasteiger partial charge >= 0.3 is 6.18 Å². The molecule has 5 rings (SSSR count). The van der Waals surface area contributed by atoms with Gasteiger partial charge in [-0.2, -0.15) is 13.2 Å². The predicted octanol–water partition coefficient (Wildman–Crippen LogP) is 4.90. The minimum atomic E-state index is -4.32. The third-order valence-corrected chi connectivity index (χ3v) is 8.73. The molecule has 1 aromatic rings. The summed E-state index contributed by atoms with van der Waals surface area (Å²) in [5.74, 6) is 0.288. The van der Waals surface area contributed by atoms with Crippen molar-refractivity contribution in [2.45, 2.75) is 76.2 Å².